The van der Waals surface area contributed by atoms with E-state index in [9.17, 15) is 9.59 Å². The summed E-state index contributed by atoms with van der Waals surface area (Å²) in [6.45, 7) is 5.52. The third-order valence-electron chi connectivity index (χ3n) is 5.07. The molecule has 0 saturated carbocycles. The highest BCUT2D eigenvalue weighted by Gasteiger charge is 2.39. The van der Waals surface area contributed by atoms with E-state index in [0.717, 1.165) is 22.6 Å². The summed E-state index contributed by atoms with van der Waals surface area (Å²) in [5.41, 5.74) is 3.17. The molecule has 0 fully saturated rings. The molecule has 1 aliphatic rings. The van der Waals surface area contributed by atoms with Gasteiger partial charge in [0, 0.05) is 25.2 Å². The molecule has 6 heteroatoms. The van der Waals surface area contributed by atoms with Crippen molar-refractivity contribution in [2.45, 2.75) is 37.0 Å². The minimum atomic E-state index is -0.447. The zero-order valence-electron chi connectivity index (χ0n) is 17.2. The largest absolute Gasteiger partial charge is 0.385 e. The molecule has 5 nitrogen and oxygen atoms in total. The van der Waals surface area contributed by atoms with Crippen LogP contribution in [-0.4, -0.2) is 37.3 Å². The summed E-state index contributed by atoms with van der Waals surface area (Å²) < 4.78 is 5.02. The fourth-order valence-electron chi connectivity index (χ4n) is 3.32. The third kappa shape index (κ3) is 5.19. The molecule has 0 spiro atoms. The topological polar surface area (TPSA) is 58.6 Å². The molecule has 0 aromatic heterocycles. The van der Waals surface area contributed by atoms with Crippen molar-refractivity contribution in [3.8, 4) is 0 Å². The smallest absolute Gasteiger partial charge is 0.241 e. The Kier molecular flexibility index (Phi) is 7.34. The van der Waals surface area contributed by atoms with E-state index in [4.69, 9.17) is 4.74 Å². The Balaban J connectivity index is 1.79. The molecule has 0 bridgehead atoms. The minimum Gasteiger partial charge on any atom is -0.385 e. The van der Waals surface area contributed by atoms with Crippen molar-refractivity contribution in [2.24, 2.45) is 5.92 Å². The number of para-hydroxylation sites is 1. The summed E-state index contributed by atoms with van der Waals surface area (Å²) in [7, 11) is 1.64. The number of aryl methyl sites for hydroxylation is 1. The molecule has 2 amide bonds. The minimum absolute atomic E-state index is 0.0196. The molecule has 2 atom stereocenters. The monoisotopic (exact) mass is 412 g/mol. The van der Waals surface area contributed by atoms with E-state index in [-0.39, 0.29) is 11.8 Å². The first kappa shape index (κ1) is 21.4. The van der Waals surface area contributed by atoms with Crippen LogP contribution in [0, 0.1) is 12.8 Å². The van der Waals surface area contributed by atoms with Gasteiger partial charge in [-0.15, -0.1) is 11.8 Å². The van der Waals surface area contributed by atoms with Crippen LogP contribution in [0.15, 0.2) is 53.4 Å². The van der Waals surface area contributed by atoms with Crippen molar-refractivity contribution in [3.63, 3.8) is 0 Å². The summed E-state index contributed by atoms with van der Waals surface area (Å²) >= 11 is 1.49. The summed E-state index contributed by atoms with van der Waals surface area (Å²) in [5.74, 6) is -0.542. The van der Waals surface area contributed by atoms with Crippen molar-refractivity contribution < 1.29 is 14.3 Å². The molecule has 0 aliphatic carbocycles. The van der Waals surface area contributed by atoms with Crippen LogP contribution < -0.4 is 10.2 Å². The number of carbonyl (C=O) groups is 2. The van der Waals surface area contributed by atoms with Crippen LogP contribution in [0.4, 0.5) is 5.69 Å². The maximum absolute atomic E-state index is 13.4. The van der Waals surface area contributed by atoms with E-state index in [1.165, 1.54) is 17.3 Å². The molecule has 2 aromatic carbocycles. The number of nitrogens with one attached hydrogen (secondary N) is 1. The normalized spacial score (nSPS) is 17.0. The van der Waals surface area contributed by atoms with E-state index in [0.29, 0.717) is 19.7 Å². The van der Waals surface area contributed by atoms with Crippen LogP contribution in [0.5, 0.6) is 0 Å². The number of amides is 2. The van der Waals surface area contributed by atoms with Gasteiger partial charge in [-0.25, -0.2) is 0 Å². The van der Waals surface area contributed by atoms with Gasteiger partial charge in [-0.05, 0) is 31.0 Å². The highest BCUT2D eigenvalue weighted by atomic mass is 32.2. The molecule has 2 aromatic rings. The summed E-state index contributed by atoms with van der Waals surface area (Å²) in [6.07, 6.45) is 0.753. The molecule has 0 unspecified atom stereocenters. The number of hydrogen-bond acceptors (Lipinski definition) is 4. The van der Waals surface area contributed by atoms with E-state index >= 15 is 0 Å². The molecule has 0 saturated heterocycles. The van der Waals surface area contributed by atoms with E-state index < -0.39 is 11.2 Å². The highest BCUT2D eigenvalue weighted by molar-refractivity contribution is 8.01. The predicted octanol–water partition coefficient (Wildman–Crippen LogP) is 3.79. The molecular formula is C23H28N2O3S. The first-order chi connectivity index (χ1) is 14.0. The fraction of sp³-hybridized carbons (Fsp3) is 0.391. The van der Waals surface area contributed by atoms with Gasteiger partial charge in [0.15, 0.2) is 0 Å². The Morgan fingerprint density at radius 1 is 1.21 bits per heavy atom. The Labute approximate surface area is 176 Å². The van der Waals surface area contributed by atoms with Crippen molar-refractivity contribution in [3.05, 3.63) is 59.7 Å². The molecular weight excluding hydrogens is 384 g/mol. The fourth-order valence-corrected chi connectivity index (χ4v) is 4.61. The average Bonchev–Trinajstić information content (AvgIpc) is 2.73. The van der Waals surface area contributed by atoms with Gasteiger partial charge in [0.05, 0.1) is 18.2 Å². The quantitative estimate of drug-likeness (QED) is 0.670. The zero-order chi connectivity index (χ0) is 20.8. The number of methoxy groups -OCH3 is 1. The number of rotatable bonds is 8. The molecule has 1 N–H and O–H groups in total. The molecule has 3 rings (SSSR count). The van der Waals surface area contributed by atoms with E-state index in [2.05, 4.69) is 17.4 Å². The Morgan fingerprint density at radius 3 is 2.66 bits per heavy atom. The van der Waals surface area contributed by atoms with Crippen LogP contribution in [0.25, 0.3) is 0 Å². The lowest BCUT2D eigenvalue weighted by atomic mass is 10.0. The summed E-state index contributed by atoms with van der Waals surface area (Å²) in [5, 5.41) is 2.48. The van der Waals surface area contributed by atoms with Crippen LogP contribution in [0.2, 0.25) is 0 Å². The maximum atomic E-state index is 13.4. The molecule has 0 radical (unpaired) electrons. The first-order valence-electron chi connectivity index (χ1n) is 9.90. The van der Waals surface area contributed by atoms with Crippen molar-refractivity contribution in [1.82, 2.24) is 5.32 Å². The number of thioether (sulfide) groups is 1. The SMILES string of the molecule is COCCCNC(=O)[C@@H](C)[C@H]1Sc2ccccc2N(Cc2ccc(C)cc2)C1=O. The van der Waals surface area contributed by atoms with Crippen LogP contribution >= 0.6 is 11.8 Å². The molecule has 1 heterocycles. The number of ether oxygens (including phenoxy) is 1. The third-order valence-corrected chi connectivity index (χ3v) is 6.54. The predicted molar refractivity (Wildman–Crippen MR) is 117 cm³/mol. The zero-order valence-corrected chi connectivity index (χ0v) is 18.0. The lowest BCUT2D eigenvalue weighted by Crippen LogP contribution is -2.47. The lowest BCUT2D eigenvalue weighted by molar-refractivity contribution is -0.128. The van der Waals surface area contributed by atoms with Gasteiger partial charge in [0.1, 0.15) is 5.25 Å². The second-order valence-electron chi connectivity index (χ2n) is 7.34. The van der Waals surface area contributed by atoms with Crippen molar-refractivity contribution in [1.29, 1.82) is 0 Å². The van der Waals surface area contributed by atoms with Gasteiger partial charge in [-0.2, -0.15) is 0 Å². The van der Waals surface area contributed by atoms with Gasteiger partial charge in [-0.1, -0.05) is 48.9 Å². The Morgan fingerprint density at radius 2 is 1.93 bits per heavy atom. The van der Waals surface area contributed by atoms with Gasteiger partial charge in [0.25, 0.3) is 0 Å². The van der Waals surface area contributed by atoms with Crippen LogP contribution in [-0.2, 0) is 20.9 Å². The molecule has 154 valence electrons. The Hall–Kier alpha value is -2.31. The summed E-state index contributed by atoms with van der Waals surface area (Å²) in [6, 6.07) is 16.1. The van der Waals surface area contributed by atoms with Crippen LogP contribution in [0.3, 0.4) is 0 Å². The van der Waals surface area contributed by atoms with Gasteiger partial charge < -0.3 is 15.0 Å². The Bertz CT molecular complexity index is 853. The molecule has 29 heavy (non-hydrogen) atoms. The molecule has 1 aliphatic heterocycles. The average molecular weight is 413 g/mol. The number of anilines is 1. The first-order valence-corrected chi connectivity index (χ1v) is 10.8. The number of hydrogen-bond donors (Lipinski definition) is 1. The maximum Gasteiger partial charge on any atom is 0.241 e. The lowest BCUT2D eigenvalue weighted by Gasteiger charge is -2.35. The standard InChI is InChI=1S/C23H28N2O3S/c1-16-9-11-18(12-10-16)15-25-19-7-4-5-8-20(19)29-21(23(25)27)17(2)22(26)24-13-6-14-28-3/h4-5,7-12,17,21H,6,13-15H2,1-3H3,(H,24,26)/t17-,21+/m0/s1. The summed E-state index contributed by atoms with van der Waals surface area (Å²) in [4.78, 5) is 28.9. The van der Waals surface area contributed by atoms with Crippen LogP contribution in [0.1, 0.15) is 24.5 Å². The van der Waals surface area contributed by atoms with Crippen molar-refractivity contribution >= 4 is 29.3 Å². The number of carbonyl (C=O) groups excluding carboxylic acids is 2. The second-order valence-corrected chi connectivity index (χ2v) is 8.53. The highest BCUT2D eigenvalue weighted by Crippen LogP contribution is 2.42. The van der Waals surface area contributed by atoms with Gasteiger partial charge in [-0.3, -0.25) is 9.59 Å². The van der Waals surface area contributed by atoms with E-state index in [1.807, 2.05) is 55.1 Å². The van der Waals surface area contributed by atoms with E-state index in [1.54, 1.807) is 7.11 Å². The van der Waals surface area contributed by atoms with Crippen molar-refractivity contribution in [2.75, 3.05) is 25.2 Å². The number of nitrogens with zero attached hydrogens (tertiary/aromatic N) is 1. The second kappa shape index (κ2) is 9.94. The van der Waals surface area contributed by atoms with Gasteiger partial charge in [0.2, 0.25) is 11.8 Å². The number of fused-ring (bicyclic) bond motifs is 1. The van der Waals surface area contributed by atoms with Gasteiger partial charge >= 0.3 is 0 Å². The number of benzene rings is 2.